The fourth-order valence-corrected chi connectivity index (χ4v) is 3.45. The number of hydrogen-bond donors (Lipinski definition) is 1. The maximum absolute atomic E-state index is 13.1. The van der Waals surface area contributed by atoms with Crippen LogP contribution in [-0.4, -0.2) is 6.54 Å². The Labute approximate surface area is 179 Å². The van der Waals surface area contributed by atoms with Crippen molar-refractivity contribution in [2.24, 2.45) is 0 Å². The van der Waals surface area contributed by atoms with Crippen LogP contribution in [0.5, 0.6) is 5.75 Å². The van der Waals surface area contributed by atoms with Gasteiger partial charge in [0.05, 0.1) is 5.02 Å². The van der Waals surface area contributed by atoms with Crippen molar-refractivity contribution in [2.45, 2.75) is 19.6 Å². The molecule has 0 fully saturated rings. The molecule has 3 aromatic carbocycles. The lowest BCUT2D eigenvalue weighted by Crippen LogP contribution is -2.16. The monoisotopic (exact) mass is 437 g/mol. The molecule has 0 radical (unpaired) electrons. The van der Waals surface area contributed by atoms with E-state index in [0.717, 1.165) is 35.4 Å². The quantitative estimate of drug-likeness (QED) is 0.395. The van der Waals surface area contributed by atoms with Crippen molar-refractivity contribution in [3.8, 4) is 5.75 Å². The highest BCUT2D eigenvalue weighted by molar-refractivity contribution is 6.35. The Hall–Kier alpha value is -1.78. The van der Waals surface area contributed by atoms with E-state index in [1.807, 2.05) is 36.4 Å². The molecule has 0 bridgehead atoms. The predicted molar refractivity (Wildman–Crippen MR) is 114 cm³/mol. The van der Waals surface area contributed by atoms with Gasteiger partial charge in [0.25, 0.3) is 0 Å². The summed E-state index contributed by atoms with van der Waals surface area (Å²) in [5.41, 5.74) is 2.91. The normalized spacial score (nSPS) is 10.9. The Morgan fingerprint density at radius 3 is 2.43 bits per heavy atom. The molecule has 0 saturated carbocycles. The van der Waals surface area contributed by atoms with Crippen LogP contribution >= 0.6 is 34.8 Å². The van der Waals surface area contributed by atoms with Crippen molar-refractivity contribution < 1.29 is 9.13 Å². The Morgan fingerprint density at radius 2 is 1.64 bits per heavy atom. The molecule has 28 heavy (non-hydrogen) atoms. The van der Waals surface area contributed by atoms with E-state index >= 15 is 0 Å². The molecule has 0 saturated heterocycles. The van der Waals surface area contributed by atoms with Gasteiger partial charge in [0.2, 0.25) is 0 Å². The molecule has 0 unspecified atom stereocenters. The van der Waals surface area contributed by atoms with Crippen LogP contribution in [-0.2, 0) is 19.6 Å². The van der Waals surface area contributed by atoms with Crippen molar-refractivity contribution in [1.82, 2.24) is 5.32 Å². The molecule has 3 aromatic rings. The van der Waals surface area contributed by atoms with Crippen molar-refractivity contribution in [1.29, 1.82) is 0 Å². The molecule has 0 aromatic heterocycles. The molecular formula is C22H19Cl3FNO. The topological polar surface area (TPSA) is 21.3 Å². The van der Waals surface area contributed by atoms with Crippen molar-refractivity contribution in [3.05, 3.63) is 98.2 Å². The molecule has 146 valence electrons. The third-order valence-corrected chi connectivity index (χ3v) is 5.16. The zero-order chi connectivity index (χ0) is 19.9. The smallest absolute Gasteiger partial charge is 0.124 e. The first-order valence-corrected chi connectivity index (χ1v) is 9.95. The highest BCUT2D eigenvalue weighted by Gasteiger charge is 2.05. The van der Waals surface area contributed by atoms with E-state index in [9.17, 15) is 4.39 Å². The van der Waals surface area contributed by atoms with Gasteiger partial charge < -0.3 is 10.1 Å². The van der Waals surface area contributed by atoms with E-state index in [0.29, 0.717) is 21.6 Å². The SMILES string of the molecule is Fc1ccc(COc2cccc(CNCCc3ccc(Cl)cc3Cl)c2)c(Cl)c1. The van der Waals surface area contributed by atoms with Crippen LogP contribution in [0.4, 0.5) is 4.39 Å². The Morgan fingerprint density at radius 1 is 0.857 bits per heavy atom. The maximum atomic E-state index is 13.1. The van der Waals surface area contributed by atoms with Crippen LogP contribution in [0.1, 0.15) is 16.7 Å². The molecule has 0 heterocycles. The third-order valence-electron chi connectivity index (χ3n) is 4.22. The number of hydrogen-bond acceptors (Lipinski definition) is 2. The Bertz CT molecular complexity index is 949. The second-order valence-corrected chi connectivity index (χ2v) is 7.59. The zero-order valence-electron chi connectivity index (χ0n) is 15.0. The third kappa shape index (κ3) is 6.11. The number of benzene rings is 3. The second kappa shape index (κ2) is 10.1. The number of rotatable bonds is 8. The van der Waals surface area contributed by atoms with Crippen LogP contribution < -0.4 is 10.1 Å². The molecule has 0 aliphatic carbocycles. The van der Waals surface area contributed by atoms with E-state index in [4.69, 9.17) is 39.5 Å². The molecule has 1 N–H and O–H groups in total. The number of halogens is 4. The van der Waals surface area contributed by atoms with E-state index in [1.165, 1.54) is 12.1 Å². The molecule has 0 aliphatic rings. The lowest BCUT2D eigenvalue weighted by atomic mass is 10.1. The summed E-state index contributed by atoms with van der Waals surface area (Å²) in [5, 5.41) is 5.08. The lowest BCUT2D eigenvalue weighted by Gasteiger charge is -2.10. The fraction of sp³-hybridized carbons (Fsp3) is 0.182. The highest BCUT2D eigenvalue weighted by Crippen LogP contribution is 2.22. The van der Waals surface area contributed by atoms with E-state index in [-0.39, 0.29) is 12.4 Å². The van der Waals surface area contributed by atoms with Crippen molar-refractivity contribution >= 4 is 34.8 Å². The molecule has 2 nitrogen and oxygen atoms in total. The van der Waals surface area contributed by atoms with E-state index in [1.54, 1.807) is 12.1 Å². The standard InChI is InChI=1S/C22H19Cl3FNO/c23-18-6-4-16(21(24)11-18)8-9-27-13-15-2-1-3-20(10-15)28-14-17-5-7-19(26)12-22(17)25/h1-7,10-12,27H,8-9,13-14H2. The molecule has 0 aliphatic heterocycles. The summed E-state index contributed by atoms with van der Waals surface area (Å²) in [5.74, 6) is 0.377. The van der Waals surface area contributed by atoms with Crippen LogP contribution in [0.25, 0.3) is 0 Å². The van der Waals surface area contributed by atoms with Gasteiger partial charge in [-0.3, -0.25) is 0 Å². The van der Waals surface area contributed by atoms with Crippen molar-refractivity contribution in [2.75, 3.05) is 6.54 Å². The first kappa shape index (κ1) is 20.9. The lowest BCUT2D eigenvalue weighted by molar-refractivity contribution is 0.306. The second-order valence-electron chi connectivity index (χ2n) is 6.33. The summed E-state index contributed by atoms with van der Waals surface area (Å²) >= 11 is 18.1. The number of nitrogens with one attached hydrogen (secondary N) is 1. The van der Waals surface area contributed by atoms with Gasteiger partial charge in [-0.2, -0.15) is 0 Å². The summed E-state index contributed by atoms with van der Waals surface area (Å²) in [6.07, 6.45) is 0.815. The Balaban J connectivity index is 1.49. The van der Waals surface area contributed by atoms with Crippen LogP contribution in [0.15, 0.2) is 60.7 Å². The van der Waals surface area contributed by atoms with Crippen LogP contribution in [0, 0.1) is 5.82 Å². The first-order chi connectivity index (χ1) is 13.5. The molecule has 6 heteroatoms. The van der Waals surface area contributed by atoms with Crippen molar-refractivity contribution in [3.63, 3.8) is 0 Å². The van der Waals surface area contributed by atoms with Crippen LogP contribution in [0.2, 0.25) is 15.1 Å². The minimum absolute atomic E-state index is 0.283. The van der Waals surface area contributed by atoms with Gasteiger partial charge >= 0.3 is 0 Å². The zero-order valence-corrected chi connectivity index (χ0v) is 17.3. The highest BCUT2D eigenvalue weighted by atomic mass is 35.5. The minimum atomic E-state index is -0.360. The summed E-state index contributed by atoms with van der Waals surface area (Å²) < 4.78 is 18.9. The van der Waals surface area contributed by atoms with Gasteiger partial charge in [-0.15, -0.1) is 0 Å². The van der Waals surface area contributed by atoms with Gasteiger partial charge in [0, 0.05) is 22.2 Å². The van der Waals surface area contributed by atoms with Gasteiger partial charge in [-0.05, 0) is 60.5 Å². The average Bonchev–Trinajstić information content (AvgIpc) is 2.66. The Kier molecular flexibility index (Phi) is 7.57. The predicted octanol–water partition coefficient (Wildman–Crippen LogP) is 6.70. The van der Waals surface area contributed by atoms with Gasteiger partial charge in [0.1, 0.15) is 18.2 Å². The molecule has 3 rings (SSSR count). The molecule has 0 spiro atoms. The summed E-state index contributed by atoms with van der Waals surface area (Å²) in [6, 6.07) is 17.7. The summed E-state index contributed by atoms with van der Waals surface area (Å²) in [6.45, 7) is 1.78. The number of ether oxygens (including phenoxy) is 1. The van der Waals surface area contributed by atoms with E-state index < -0.39 is 0 Å². The summed E-state index contributed by atoms with van der Waals surface area (Å²) in [4.78, 5) is 0. The molecule has 0 atom stereocenters. The maximum Gasteiger partial charge on any atom is 0.124 e. The largest absolute Gasteiger partial charge is 0.489 e. The van der Waals surface area contributed by atoms with Gasteiger partial charge in [-0.1, -0.05) is 59.1 Å². The fourth-order valence-electron chi connectivity index (χ4n) is 2.73. The molecule has 0 amide bonds. The van der Waals surface area contributed by atoms with Gasteiger partial charge in [-0.25, -0.2) is 4.39 Å². The van der Waals surface area contributed by atoms with Gasteiger partial charge in [0.15, 0.2) is 0 Å². The van der Waals surface area contributed by atoms with E-state index in [2.05, 4.69) is 5.32 Å². The van der Waals surface area contributed by atoms with Crippen LogP contribution in [0.3, 0.4) is 0 Å². The summed E-state index contributed by atoms with van der Waals surface area (Å²) in [7, 11) is 0. The average molecular weight is 439 g/mol. The molecular weight excluding hydrogens is 420 g/mol. The first-order valence-electron chi connectivity index (χ1n) is 8.81. The minimum Gasteiger partial charge on any atom is -0.489 e.